The minimum absolute atomic E-state index is 0.269. The lowest BCUT2D eigenvalue weighted by Crippen LogP contribution is -2.50. The highest BCUT2D eigenvalue weighted by atomic mass is 19.1. The Morgan fingerprint density at radius 3 is 2.45 bits per heavy atom. The quantitative estimate of drug-likeness (QED) is 0.675. The Bertz CT molecular complexity index is 1010. The molecule has 1 aliphatic rings. The second kappa shape index (κ2) is 8.23. The van der Waals surface area contributed by atoms with E-state index in [1.165, 1.54) is 17.2 Å². The summed E-state index contributed by atoms with van der Waals surface area (Å²) in [6.45, 7) is 7.82. The molecule has 31 heavy (non-hydrogen) atoms. The first kappa shape index (κ1) is 22.6. The van der Waals surface area contributed by atoms with Crippen molar-refractivity contribution in [1.29, 1.82) is 5.26 Å². The molecule has 0 aliphatic carbocycles. The van der Waals surface area contributed by atoms with Crippen molar-refractivity contribution in [3.63, 3.8) is 0 Å². The lowest BCUT2D eigenvalue weighted by Gasteiger charge is -2.34. The number of aromatic nitrogens is 1. The van der Waals surface area contributed by atoms with E-state index in [1.807, 2.05) is 0 Å². The summed E-state index contributed by atoms with van der Waals surface area (Å²) in [4.78, 5) is 17.8. The maximum atomic E-state index is 14.1. The van der Waals surface area contributed by atoms with Crippen LogP contribution in [-0.2, 0) is 9.47 Å². The summed E-state index contributed by atoms with van der Waals surface area (Å²) in [5.74, 6) is -0.699. The predicted octanol–water partition coefficient (Wildman–Crippen LogP) is 5.14. The van der Waals surface area contributed by atoms with Gasteiger partial charge in [-0.15, -0.1) is 0 Å². The normalized spacial score (nSPS) is 20.4. The molecule has 1 saturated heterocycles. The first-order chi connectivity index (χ1) is 14.5. The topological polar surface area (TPSA) is 75.5 Å². The molecule has 1 aromatic heterocycles. The third-order valence-electron chi connectivity index (χ3n) is 4.94. The molecule has 164 valence electrons. The van der Waals surface area contributed by atoms with E-state index in [2.05, 4.69) is 4.98 Å². The maximum Gasteiger partial charge on any atom is 0.413 e. The van der Waals surface area contributed by atoms with Gasteiger partial charge in [0, 0.05) is 11.8 Å². The van der Waals surface area contributed by atoms with E-state index in [0.29, 0.717) is 16.7 Å². The Morgan fingerprint density at radius 1 is 1.29 bits per heavy atom. The zero-order valence-corrected chi connectivity index (χ0v) is 18.1. The van der Waals surface area contributed by atoms with Crippen LogP contribution in [0.4, 0.5) is 13.6 Å². The van der Waals surface area contributed by atoms with E-state index < -0.39 is 42.1 Å². The molecular formula is C23H25F2N3O3. The summed E-state index contributed by atoms with van der Waals surface area (Å²) in [5, 5.41) is 8.82. The fourth-order valence-electron chi connectivity index (χ4n) is 3.63. The van der Waals surface area contributed by atoms with Crippen molar-refractivity contribution in [2.24, 2.45) is 0 Å². The van der Waals surface area contributed by atoms with Crippen LogP contribution in [0.15, 0.2) is 36.5 Å². The smallest absolute Gasteiger partial charge is 0.413 e. The van der Waals surface area contributed by atoms with E-state index >= 15 is 0 Å². The molecule has 0 N–H and O–H groups in total. The highest BCUT2D eigenvalue weighted by Crippen LogP contribution is 2.42. The number of benzene rings is 1. The van der Waals surface area contributed by atoms with Gasteiger partial charge in [-0.25, -0.2) is 18.6 Å². The van der Waals surface area contributed by atoms with Crippen LogP contribution in [-0.4, -0.2) is 40.0 Å². The summed E-state index contributed by atoms with van der Waals surface area (Å²) in [5.41, 5.74) is -0.200. The Labute approximate surface area is 180 Å². The molecule has 0 radical (unpaired) electrons. The SMILES string of the molecule is CC(C)(C)OC(=O)N1C(CF)C(c2ccc(-c3cnc(C#N)c(F)c3)cc2)OC1(C)C. The Hall–Kier alpha value is -3.05. The monoisotopic (exact) mass is 429 g/mol. The van der Waals surface area contributed by atoms with Gasteiger partial charge in [-0.2, -0.15) is 5.26 Å². The lowest BCUT2D eigenvalue weighted by molar-refractivity contribution is -0.0797. The van der Waals surface area contributed by atoms with Gasteiger partial charge in [0.25, 0.3) is 0 Å². The standard InChI is InChI=1S/C23H25F2N3O3/c1-22(2,3)31-21(29)28-19(11-24)20(30-23(28,4)5)15-8-6-14(7-9-15)16-10-17(25)18(12-26)27-13-16/h6-10,13,19-20H,11H2,1-5H3. The number of nitriles is 1. The van der Waals surface area contributed by atoms with Gasteiger partial charge in [0.2, 0.25) is 0 Å². The van der Waals surface area contributed by atoms with Crippen LogP contribution in [0.3, 0.4) is 0 Å². The second-order valence-electron chi connectivity index (χ2n) is 8.85. The van der Waals surface area contributed by atoms with Crippen molar-refractivity contribution in [3.05, 3.63) is 53.6 Å². The van der Waals surface area contributed by atoms with Crippen molar-refractivity contribution in [2.45, 2.75) is 58.1 Å². The molecule has 2 aromatic rings. The number of amides is 1. The van der Waals surface area contributed by atoms with Gasteiger partial charge in [0.1, 0.15) is 30.2 Å². The molecule has 1 aromatic carbocycles. The molecule has 0 spiro atoms. The third kappa shape index (κ3) is 4.67. The van der Waals surface area contributed by atoms with Crippen LogP contribution in [0.1, 0.15) is 52.0 Å². The lowest BCUT2D eigenvalue weighted by atomic mass is 9.99. The van der Waals surface area contributed by atoms with E-state index in [9.17, 15) is 13.6 Å². The van der Waals surface area contributed by atoms with Crippen LogP contribution in [0.5, 0.6) is 0 Å². The molecule has 2 unspecified atom stereocenters. The molecular weight excluding hydrogens is 404 g/mol. The van der Waals surface area contributed by atoms with Crippen LogP contribution >= 0.6 is 0 Å². The third-order valence-corrected chi connectivity index (χ3v) is 4.94. The van der Waals surface area contributed by atoms with E-state index in [1.54, 1.807) is 65.0 Å². The number of hydrogen-bond acceptors (Lipinski definition) is 5. The highest BCUT2D eigenvalue weighted by Gasteiger charge is 2.51. The minimum atomic E-state index is -1.07. The maximum absolute atomic E-state index is 14.1. The summed E-state index contributed by atoms with van der Waals surface area (Å²) in [6, 6.07) is 9.03. The van der Waals surface area contributed by atoms with E-state index in [0.717, 1.165) is 0 Å². The van der Waals surface area contributed by atoms with Crippen LogP contribution < -0.4 is 0 Å². The summed E-state index contributed by atoms with van der Waals surface area (Å²) in [6.07, 6.45) is 0.0799. The fourth-order valence-corrected chi connectivity index (χ4v) is 3.63. The van der Waals surface area contributed by atoms with E-state index in [-0.39, 0.29) is 5.69 Å². The zero-order chi connectivity index (χ0) is 23.0. The zero-order valence-electron chi connectivity index (χ0n) is 18.1. The Kier molecular flexibility index (Phi) is 6.01. The second-order valence-corrected chi connectivity index (χ2v) is 8.85. The molecule has 1 amide bonds. The average molecular weight is 429 g/mol. The number of halogens is 2. The summed E-state index contributed by atoms with van der Waals surface area (Å²) >= 11 is 0. The van der Waals surface area contributed by atoms with Crippen molar-refractivity contribution in [3.8, 4) is 17.2 Å². The number of hydrogen-bond donors (Lipinski definition) is 0. The molecule has 6 nitrogen and oxygen atoms in total. The van der Waals surface area contributed by atoms with Crippen molar-refractivity contribution >= 4 is 6.09 Å². The number of carbonyl (C=O) groups is 1. The van der Waals surface area contributed by atoms with Crippen molar-refractivity contribution in [1.82, 2.24) is 9.88 Å². The Balaban J connectivity index is 1.88. The highest BCUT2D eigenvalue weighted by molar-refractivity contribution is 5.70. The fraction of sp³-hybridized carbons (Fsp3) is 0.435. The van der Waals surface area contributed by atoms with Crippen molar-refractivity contribution in [2.75, 3.05) is 6.67 Å². The summed E-state index contributed by atoms with van der Waals surface area (Å²) < 4.78 is 39.5. The van der Waals surface area contributed by atoms with Crippen LogP contribution in [0, 0.1) is 17.1 Å². The van der Waals surface area contributed by atoms with Crippen LogP contribution in [0.25, 0.3) is 11.1 Å². The number of alkyl halides is 1. The molecule has 8 heteroatoms. The molecule has 2 atom stereocenters. The Morgan fingerprint density at radius 2 is 1.94 bits per heavy atom. The van der Waals surface area contributed by atoms with Gasteiger partial charge >= 0.3 is 6.09 Å². The van der Waals surface area contributed by atoms with Crippen LogP contribution in [0.2, 0.25) is 0 Å². The van der Waals surface area contributed by atoms with Gasteiger partial charge in [-0.05, 0) is 51.8 Å². The number of ether oxygens (including phenoxy) is 2. The van der Waals surface area contributed by atoms with Gasteiger partial charge < -0.3 is 9.47 Å². The van der Waals surface area contributed by atoms with Gasteiger partial charge in [-0.1, -0.05) is 24.3 Å². The first-order valence-electron chi connectivity index (χ1n) is 9.89. The molecule has 0 bridgehead atoms. The van der Waals surface area contributed by atoms with Gasteiger partial charge in [0.05, 0.1) is 6.04 Å². The number of pyridine rings is 1. The summed E-state index contributed by atoms with van der Waals surface area (Å²) in [7, 11) is 0. The largest absolute Gasteiger partial charge is 0.444 e. The first-order valence-corrected chi connectivity index (χ1v) is 9.89. The number of nitrogens with zero attached hydrogens (tertiary/aromatic N) is 3. The number of rotatable bonds is 3. The minimum Gasteiger partial charge on any atom is -0.444 e. The molecule has 0 saturated carbocycles. The predicted molar refractivity (Wildman–Crippen MR) is 110 cm³/mol. The molecule has 3 rings (SSSR count). The molecule has 1 fully saturated rings. The van der Waals surface area contributed by atoms with Gasteiger partial charge in [0.15, 0.2) is 11.5 Å². The van der Waals surface area contributed by atoms with Gasteiger partial charge in [-0.3, -0.25) is 4.90 Å². The molecule has 1 aliphatic heterocycles. The van der Waals surface area contributed by atoms with E-state index in [4.69, 9.17) is 14.7 Å². The number of carbonyl (C=O) groups excluding carboxylic acids is 1. The molecule has 2 heterocycles. The average Bonchev–Trinajstić information content (AvgIpc) is 2.97. The van der Waals surface area contributed by atoms with Crippen molar-refractivity contribution < 1.29 is 23.0 Å².